The van der Waals surface area contributed by atoms with Crippen LogP contribution in [-0.2, 0) is 4.74 Å². The molecule has 0 radical (unpaired) electrons. The first kappa shape index (κ1) is 15.5. The van der Waals surface area contributed by atoms with E-state index in [1.165, 1.54) is 0 Å². The molecule has 1 aromatic carbocycles. The Kier molecular flexibility index (Phi) is 5.78. The molecule has 112 valence electrons. The Morgan fingerprint density at radius 2 is 2.14 bits per heavy atom. The highest BCUT2D eigenvalue weighted by Crippen LogP contribution is 2.22. The van der Waals surface area contributed by atoms with Gasteiger partial charge in [0.15, 0.2) is 0 Å². The number of nitrogens with one attached hydrogen (secondary N) is 2. The lowest BCUT2D eigenvalue weighted by Crippen LogP contribution is -2.07. The maximum absolute atomic E-state index is 6.01. The van der Waals surface area contributed by atoms with E-state index in [0.29, 0.717) is 11.0 Å². The van der Waals surface area contributed by atoms with Crippen molar-refractivity contribution in [3.8, 4) is 0 Å². The number of rotatable bonds is 7. The first-order chi connectivity index (χ1) is 10.2. The van der Waals surface area contributed by atoms with Crippen molar-refractivity contribution in [1.82, 2.24) is 9.97 Å². The molecule has 0 saturated heterocycles. The van der Waals surface area contributed by atoms with Gasteiger partial charge < -0.3 is 15.4 Å². The fourth-order valence-electron chi connectivity index (χ4n) is 1.80. The highest BCUT2D eigenvalue weighted by molar-refractivity contribution is 6.30. The highest BCUT2D eigenvalue weighted by atomic mass is 35.5. The van der Waals surface area contributed by atoms with E-state index in [4.69, 9.17) is 16.3 Å². The number of benzene rings is 1. The van der Waals surface area contributed by atoms with E-state index < -0.39 is 0 Å². The van der Waals surface area contributed by atoms with Gasteiger partial charge in [-0.2, -0.15) is 4.98 Å². The number of aromatic nitrogens is 2. The fourth-order valence-corrected chi connectivity index (χ4v) is 1.97. The van der Waals surface area contributed by atoms with Crippen LogP contribution in [0.3, 0.4) is 0 Å². The normalized spacial score (nSPS) is 10.4. The van der Waals surface area contributed by atoms with E-state index in [9.17, 15) is 0 Å². The molecule has 0 saturated carbocycles. The van der Waals surface area contributed by atoms with Gasteiger partial charge in [0.05, 0.1) is 0 Å². The van der Waals surface area contributed by atoms with Crippen LogP contribution in [0, 0.1) is 6.92 Å². The Morgan fingerprint density at radius 3 is 2.95 bits per heavy atom. The second-order valence-corrected chi connectivity index (χ2v) is 5.06. The molecule has 0 atom stereocenters. The average molecular weight is 307 g/mol. The van der Waals surface area contributed by atoms with E-state index in [-0.39, 0.29) is 0 Å². The van der Waals surface area contributed by atoms with Crippen LogP contribution in [0.25, 0.3) is 0 Å². The van der Waals surface area contributed by atoms with Crippen molar-refractivity contribution in [1.29, 1.82) is 0 Å². The summed E-state index contributed by atoms with van der Waals surface area (Å²) in [6.45, 7) is 3.54. The van der Waals surface area contributed by atoms with Crippen molar-refractivity contribution < 1.29 is 4.74 Å². The minimum Gasteiger partial charge on any atom is -0.385 e. The van der Waals surface area contributed by atoms with Gasteiger partial charge in [-0.15, -0.1) is 0 Å². The lowest BCUT2D eigenvalue weighted by atomic mass is 10.2. The molecule has 0 bridgehead atoms. The van der Waals surface area contributed by atoms with Crippen molar-refractivity contribution in [2.45, 2.75) is 13.3 Å². The lowest BCUT2D eigenvalue weighted by Gasteiger charge is -2.10. The molecule has 0 aliphatic rings. The van der Waals surface area contributed by atoms with Crippen LogP contribution in [0.1, 0.15) is 12.0 Å². The predicted octanol–water partition coefficient (Wildman–Crippen LogP) is 3.63. The monoisotopic (exact) mass is 306 g/mol. The molecular formula is C15H19ClN4O. The largest absolute Gasteiger partial charge is 0.385 e. The van der Waals surface area contributed by atoms with Crippen molar-refractivity contribution in [3.05, 3.63) is 41.0 Å². The zero-order valence-corrected chi connectivity index (χ0v) is 12.9. The van der Waals surface area contributed by atoms with Crippen LogP contribution in [-0.4, -0.2) is 30.2 Å². The molecule has 0 aliphatic carbocycles. The molecule has 1 aromatic heterocycles. The van der Waals surface area contributed by atoms with Crippen molar-refractivity contribution in [2.24, 2.45) is 0 Å². The van der Waals surface area contributed by atoms with Gasteiger partial charge in [-0.05, 0) is 37.1 Å². The second-order valence-electron chi connectivity index (χ2n) is 4.62. The Labute approximate surface area is 129 Å². The summed E-state index contributed by atoms with van der Waals surface area (Å²) >= 11 is 6.01. The maximum atomic E-state index is 6.01. The molecule has 0 unspecified atom stereocenters. The number of ether oxygens (including phenoxy) is 1. The van der Waals surface area contributed by atoms with E-state index in [2.05, 4.69) is 20.6 Å². The molecule has 0 spiro atoms. The summed E-state index contributed by atoms with van der Waals surface area (Å²) in [4.78, 5) is 8.64. The molecule has 0 amide bonds. The average Bonchev–Trinajstić information content (AvgIpc) is 2.48. The van der Waals surface area contributed by atoms with E-state index in [1.54, 1.807) is 13.3 Å². The minimum absolute atomic E-state index is 0.539. The van der Waals surface area contributed by atoms with E-state index in [1.807, 2.05) is 31.2 Å². The SMILES string of the molecule is COCCCNc1ccnc(Nc2cc(Cl)ccc2C)n1. The molecule has 2 rings (SSSR count). The number of hydrogen-bond donors (Lipinski definition) is 2. The molecular weight excluding hydrogens is 288 g/mol. The first-order valence-corrected chi connectivity index (χ1v) is 7.16. The molecule has 0 fully saturated rings. The Morgan fingerprint density at radius 1 is 1.29 bits per heavy atom. The summed E-state index contributed by atoms with van der Waals surface area (Å²) in [6, 6.07) is 7.51. The van der Waals surface area contributed by atoms with Gasteiger partial charge in [-0.25, -0.2) is 4.98 Å². The van der Waals surface area contributed by atoms with Crippen LogP contribution >= 0.6 is 11.6 Å². The van der Waals surface area contributed by atoms with Gasteiger partial charge in [0.1, 0.15) is 5.82 Å². The number of hydrogen-bond acceptors (Lipinski definition) is 5. The third-order valence-electron chi connectivity index (χ3n) is 2.93. The van der Waals surface area contributed by atoms with Gasteiger partial charge in [0.25, 0.3) is 0 Å². The summed E-state index contributed by atoms with van der Waals surface area (Å²) < 4.78 is 5.01. The summed E-state index contributed by atoms with van der Waals surface area (Å²) in [7, 11) is 1.69. The third kappa shape index (κ3) is 4.88. The predicted molar refractivity (Wildman–Crippen MR) is 86.5 cm³/mol. The van der Waals surface area contributed by atoms with Crippen LogP contribution in [0.4, 0.5) is 17.5 Å². The fraction of sp³-hybridized carbons (Fsp3) is 0.333. The van der Waals surface area contributed by atoms with Gasteiger partial charge in [0, 0.05) is 37.2 Å². The molecule has 2 N–H and O–H groups in total. The van der Waals surface area contributed by atoms with Crippen molar-refractivity contribution >= 4 is 29.1 Å². The highest BCUT2D eigenvalue weighted by Gasteiger charge is 2.03. The summed E-state index contributed by atoms with van der Waals surface area (Å²) in [5.41, 5.74) is 1.99. The second kappa shape index (κ2) is 7.81. The van der Waals surface area contributed by atoms with Crippen LogP contribution in [0.15, 0.2) is 30.5 Å². The number of methoxy groups -OCH3 is 1. The summed E-state index contributed by atoms with van der Waals surface area (Å²) in [5, 5.41) is 7.10. The molecule has 6 heteroatoms. The van der Waals surface area contributed by atoms with Gasteiger partial charge in [-0.3, -0.25) is 0 Å². The minimum atomic E-state index is 0.539. The van der Waals surface area contributed by atoms with Crippen molar-refractivity contribution in [2.75, 3.05) is 30.9 Å². The quantitative estimate of drug-likeness (QED) is 0.765. The number of aryl methyl sites for hydroxylation is 1. The number of nitrogens with zero attached hydrogens (tertiary/aromatic N) is 2. The Hall–Kier alpha value is -1.85. The molecule has 2 aromatic rings. The van der Waals surface area contributed by atoms with Crippen molar-refractivity contribution in [3.63, 3.8) is 0 Å². The third-order valence-corrected chi connectivity index (χ3v) is 3.17. The Bertz CT molecular complexity index is 592. The number of halogens is 1. The van der Waals surface area contributed by atoms with Crippen LogP contribution < -0.4 is 10.6 Å². The first-order valence-electron chi connectivity index (χ1n) is 6.78. The molecule has 0 aliphatic heterocycles. The van der Waals surface area contributed by atoms with E-state index >= 15 is 0 Å². The molecule has 5 nitrogen and oxygen atoms in total. The van der Waals surface area contributed by atoms with Gasteiger partial charge in [0.2, 0.25) is 5.95 Å². The molecule has 1 heterocycles. The van der Waals surface area contributed by atoms with Gasteiger partial charge in [-0.1, -0.05) is 17.7 Å². The number of anilines is 3. The lowest BCUT2D eigenvalue weighted by molar-refractivity contribution is 0.198. The zero-order chi connectivity index (χ0) is 15.1. The molecule has 21 heavy (non-hydrogen) atoms. The van der Waals surface area contributed by atoms with Crippen LogP contribution in [0.5, 0.6) is 0 Å². The van der Waals surface area contributed by atoms with E-state index in [0.717, 1.165) is 36.6 Å². The van der Waals surface area contributed by atoms with Crippen LogP contribution in [0.2, 0.25) is 5.02 Å². The zero-order valence-electron chi connectivity index (χ0n) is 12.2. The Balaban J connectivity index is 2.02. The summed E-state index contributed by atoms with van der Waals surface area (Å²) in [5.74, 6) is 1.32. The standard InChI is InChI=1S/C15H19ClN4O/c1-11-4-5-12(16)10-13(11)19-15-18-8-6-14(20-15)17-7-3-9-21-2/h4-6,8,10H,3,7,9H2,1-2H3,(H2,17,18,19,20). The van der Waals surface area contributed by atoms with Gasteiger partial charge >= 0.3 is 0 Å². The topological polar surface area (TPSA) is 59.1 Å². The summed E-state index contributed by atoms with van der Waals surface area (Å²) in [6.07, 6.45) is 2.64. The smallest absolute Gasteiger partial charge is 0.229 e. The maximum Gasteiger partial charge on any atom is 0.229 e.